The summed E-state index contributed by atoms with van der Waals surface area (Å²) >= 11 is 0. The molecule has 146 valence electrons. The van der Waals surface area contributed by atoms with Crippen molar-refractivity contribution in [3.8, 4) is 11.7 Å². The molecule has 1 fully saturated rings. The number of hydrogen-bond acceptors (Lipinski definition) is 6. The number of hydrogen-bond donors (Lipinski definition) is 1. The highest BCUT2D eigenvalue weighted by Crippen LogP contribution is 2.27. The van der Waals surface area contributed by atoms with E-state index in [0.717, 1.165) is 31.4 Å². The van der Waals surface area contributed by atoms with Crippen LogP contribution in [-0.2, 0) is 11.3 Å². The van der Waals surface area contributed by atoms with Crippen LogP contribution in [0.2, 0.25) is 0 Å². The minimum absolute atomic E-state index is 0.0212. The maximum absolute atomic E-state index is 13.1. The van der Waals surface area contributed by atoms with Crippen LogP contribution in [0.4, 0.5) is 0 Å². The van der Waals surface area contributed by atoms with Crippen molar-refractivity contribution in [1.82, 2.24) is 20.4 Å². The first-order valence-corrected chi connectivity index (χ1v) is 9.70. The van der Waals surface area contributed by atoms with Gasteiger partial charge in [0.2, 0.25) is 11.8 Å². The van der Waals surface area contributed by atoms with E-state index >= 15 is 0 Å². The van der Waals surface area contributed by atoms with Crippen molar-refractivity contribution >= 4 is 5.91 Å². The molecular formula is C21H24N4O3. The second kappa shape index (κ2) is 8.39. The summed E-state index contributed by atoms with van der Waals surface area (Å²) < 4.78 is 11.1. The number of rotatable bonds is 9. The number of carbonyl (C=O) groups is 1. The first-order chi connectivity index (χ1) is 13.7. The molecule has 1 saturated carbocycles. The zero-order valence-corrected chi connectivity index (χ0v) is 15.9. The van der Waals surface area contributed by atoms with Gasteiger partial charge < -0.3 is 14.2 Å². The van der Waals surface area contributed by atoms with Crippen LogP contribution < -0.4 is 5.32 Å². The van der Waals surface area contributed by atoms with E-state index in [4.69, 9.17) is 8.83 Å². The smallest absolute Gasteiger partial charge is 0.283 e. The average Bonchev–Trinajstić information content (AvgIpc) is 3.17. The van der Waals surface area contributed by atoms with E-state index in [1.807, 2.05) is 30.3 Å². The molecule has 28 heavy (non-hydrogen) atoms. The Labute approximate surface area is 163 Å². The number of carbonyl (C=O) groups excluding carboxylic acids is 1. The quantitative estimate of drug-likeness (QED) is 0.611. The van der Waals surface area contributed by atoms with Crippen molar-refractivity contribution in [1.29, 1.82) is 0 Å². The topological polar surface area (TPSA) is 84.4 Å². The fourth-order valence-electron chi connectivity index (χ4n) is 3.25. The number of nitrogens with zero attached hydrogens (tertiary/aromatic N) is 3. The molecule has 1 N–H and O–H groups in total. The van der Waals surface area contributed by atoms with E-state index in [-0.39, 0.29) is 5.91 Å². The summed E-state index contributed by atoms with van der Waals surface area (Å²) in [5.74, 6) is 1.36. The van der Waals surface area contributed by atoms with Crippen molar-refractivity contribution < 1.29 is 13.6 Å². The Hall–Kier alpha value is -2.93. The molecule has 0 aliphatic heterocycles. The van der Waals surface area contributed by atoms with Gasteiger partial charge >= 0.3 is 0 Å². The second-order valence-corrected chi connectivity index (χ2v) is 7.04. The third-order valence-electron chi connectivity index (χ3n) is 4.70. The molecule has 0 bridgehead atoms. The summed E-state index contributed by atoms with van der Waals surface area (Å²) in [4.78, 5) is 15.1. The minimum atomic E-state index is -0.402. The Morgan fingerprint density at radius 2 is 2.04 bits per heavy atom. The van der Waals surface area contributed by atoms with E-state index in [1.54, 1.807) is 18.4 Å². The van der Waals surface area contributed by atoms with Crippen LogP contribution in [0.1, 0.15) is 43.7 Å². The summed E-state index contributed by atoms with van der Waals surface area (Å²) in [5.41, 5.74) is 0.958. The van der Waals surface area contributed by atoms with E-state index in [0.29, 0.717) is 30.1 Å². The third-order valence-corrected chi connectivity index (χ3v) is 4.70. The van der Waals surface area contributed by atoms with Gasteiger partial charge in [-0.05, 0) is 43.5 Å². The van der Waals surface area contributed by atoms with Gasteiger partial charge in [-0.1, -0.05) is 37.3 Å². The standard InChI is InChI=1S/C21H24N4O3/c1-2-12-25(14-18-23-24-21(28-18)17-9-6-13-27-17)19(15-7-4-3-5-8-15)20(26)22-16-10-11-16/h3-9,13,16,19H,2,10-12,14H2,1H3,(H,22,26)/t19-/m1/s1. The molecule has 1 aromatic carbocycles. The Morgan fingerprint density at radius 1 is 1.21 bits per heavy atom. The monoisotopic (exact) mass is 380 g/mol. The van der Waals surface area contributed by atoms with Crippen LogP contribution in [0.25, 0.3) is 11.7 Å². The van der Waals surface area contributed by atoms with Crippen LogP contribution in [0, 0.1) is 0 Å². The third kappa shape index (κ3) is 4.31. The van der Waals surface area contributed by atoms with Crippen LogP contribution in [0.15, 0.2) is 57.6 Å². The van der Waals surface area contributed by atoms with E-state index in [9.17, 15) is 4.79 Å². The molecule has 0 saturated heterocycles. The van der Waals surface area contributed by atoms with E-state index < -0.39 is 6.04 Å². The molecule has 1 atom stereocenters. The molecule has 1 aliphatic rings. The Morgan fingerprint density at radius 3 is 2.71 bits per heavy atom. The molecule has 7 heteroatoms. The molecule has 2 heterocycles. The Kier molecular flexibility index (Phi) is 5.53. The molecule has 1 amide bonds. The second-order valence-electron chi connectivity index (χ2n) is 7.04. The molecule has 4 rings (SSSR count). The van der Waals surface area contributed by atoms with Crippen molar-refractivity contribution in [2.24, 2.45) is 0 Å². The Balaban J connectivity index is 1.58. The van der Waals surface area contributed by atoms with Gasteiger partial charge in [-0.2, -0.15) is 0 Å². The van der Waals surface area contributed by atoms with Crippen LogP contribution in [0.5, 0.6) is 0 Å². The van der Waals surface area contributed by atoms with E-state index in [2.05, 4.69) is 27.3 Å². The van der Waals surface area contributed by atoms with Gasteiger partial charge in [0.25, 0.3) is 5.89 Å². The maximum Gasteiger partial charge on any atom is 0.283 e. The highest BCUT2D eigenvalue weighted by atomic mass is 16.4. The van der Waals surface area contributed by atoms with Gasteiger partial charge in [-0.15, -0.1) is 10.2 Å². The molecule has 7 nitrogen and oxygen atoms in total. The number of nitrogens with one attached hydrogen (secondary N) is 1. The first kappa shape index (κ1) is 18.4. The molecular weight excluding hydrogens is 356 g/mol. The SMILES string of the molecule is CCCN(Cc1nnc(-c2ccco2)o1)[C@@H](C(=O)NC1CC1)c1ccccc1. The van der Waals surface area contributed by atoms with Crippen molar-refractivity contribution in [3.05, 3.63) is 60.2 Å². The van der Waals surface area contributed by atoms with Gasteiger partial charge in [-0.3, -0.25) is 9.69 Å². The molecule has 2 aromatic heterocycles. The van der Waals surface area contributed by atoms with Crippen LogP contribution in [0.3, 0.4) is 0 Å². The molecule has 0 radical (unpaired) electrons. The number of benzene rings is 1. The maximum atomic E-state index is 13.1. The fraction of sp³-hybridized carbons (Fsp3) is 0.381. The lowest BCUT2D eigenvalue weighted by Gasteiger charge is -2.29. The molecule has 3 aromatic rings. The van der Waals surface area contributed by atoms with Gasteiger partial charge in [-0.25, -0.2) is 0 Å². The van der Waals surface area contributed by atoms with Crippen molar-refractivity contribution in [2.45, 2.75) is 44.8 Å². The van der Waals surface area contributed by atoms with Gasteiger partial charge in [0, 0.05) is 6.04 Å². The Bertz CT molecular complexity index is 888. The summed E-state index contributed by atoms with van der Waals surface area (Å²) in [7, 11) is 0. The highest BCUT2D eigenvalue weighted by molar-refractivity contribution is 5.83. The molecule has 0 unspecified atom stereocenters. The number of aromatic nitrogens is 2. The zero-order valence-electron chi connectivity index (χ0n) is 15.9. The van der Waals surface area contributed by atoms with Crippen LogP contribution >= 0.6 is 0 Å². The normalized spacial score (nSPS) is 14.9. The summed E-state index contributed by atoms with van der Waals surface area (Å²) in [5, 5.41) is 11.4. The van der Waals surface area contributed by atoms with E-state index in [1.165, 1.54) is 0 Å². The summed E-state index contributed by atoms with van der Waals surface area (Å²) in [6, 6.07) is 13.3. The predicted molar refractivity (Wildman–Crippen MR) is 103 cm³/mol. The molecule has 1 aliphatic carbocycles. The fourth-order valence-corrected chi connectivity index (χ4v) is 3.25. The van der Waals surface area contributed by atoms with Gasteiger partial charge in [0.15, 0.2) is 5.76 Å². The van der Waals surface area contributed by atoms with Crippen molar-refractivity contribution in [3.63, 3.8) is 0 Å². The van der Waals surface area contributed by atoms with Crippen LogP contribution in [-0.4, -0.2) is 33.6 Å². The average molecular weight is 380 g/mol. The lowest BCUT2D eigenvalue weighted by atomic mass is 10.0. The minimum Gasteiger partial charge on any atom is -0.459 e. The number of furan rings is 1. The van der Waals surface area contributed by atoms with Crippen molar-refractivity contribution in [2.75, 3.05) is 6.54 Å². The largest absolute Gasteiger partial charge is 0.459 e. The predicted octanol–water partition coefficient (Wildman–Crippen LogP) is 3.56. The van der Waals surface area contributed by atoms with Gasteiger partial charge in [0.1, 0.15) is 6.04 Å². The van der Waals surface area contributed by atoms with Gasteiger partial charge in [0.05, 0.1) is 12.8 Å². The lowest BCUT2D eigenvalue weighted by Crippen LogP contribution is -2.41. The first-order valence-electron chi connectivity index (χ1n) is 9.70. The summed E-state index contributed by atoms with van der Waals surface area (Å²) in [6.07, 6.45) is 4.57. The number of amides is 1. The highest BCUT2D eigenvalue weighted by Gasteiger charge is 2.32. The molecule has 0 spiro atoms. The lowest BCUT2D eigenvalue weighted by molar-refractivity contribution is -0.127. The summed E-state index contributed by atoms with van der Waals surface area (Å²) in [6.45, 7) is 3.21. The zero-order chi connectivity index (χ0) is 19.3.